The lowest BCUT2D eigenvalue weighted by atomic mass is 9.80. The first-order chi connectivity index (χ1) is 10.7. The van der Waals surface area contributed by atoms with E-state index in [1.165, 1.54) is 0 Å². The van der Waals surface area contributed by atoms with E-state index in [2.05, 4.69) is 10.4 Å². The van der Waals surface area contributed by atoms with Crippen molar-refractivity contribution in [1.82, 2.24) is 15.1 Å². The number of rotatable bonds is 6. The molecule has 1 aromatic carbocycles. The summed E-state index contributed by atoms with van der Waals surface area (Å²) in [7, 11) is 1.64. The number of benzene rings is 1. The average Bonchev–Trinajstić information content (AvgIpc) is 2.99. The van der Waals surface area contributed by atoms with Gasteiger partial charge in [0, 0.05) is 25.0 Å². The largest absolute Gasteiger partial charge is 0.497 e. The molecule has 1 saturated carbocycles. The summed E-state index contributed by atoms with van der Waals surface area (Å²) in [5, 5.41) is 7.32. The van der Waals surface area contributed by atoms with E-state index in [-0.39, 0.29) is 5.91 Å². The van der Waals surface area contributed by atoms with Gasteiger partial charge in [-0.25, -0.2) is 0 Å². The third-order valence-corrected chi connectivity index (χ3v) is 4.13. The summed E-state index contributed by atoms with van der Waals surface area (Å²) in [6.45, 7) is 0.942. The van der Waals surface area contributed by atoms with Crippen molar-refractivity contribution in [3.8, 4) is 5.75 Å². The summed E-state index contributed by atoms with van der Waals surface area (Å²) in [6, 6.07) is 9.87. The van der Waals surface area contributed by atoms with Crippen LogP contribution in [0.2, 0.25) is 0 Å². The van der Waals surface area contributed by atoms with Crippen molar-refractivity contribution in [2.75, 3.05) is 7.11 Å². The molecule has 1 heterocycles. The molecule has 1 aliphatic rings. The Hall–Kier alpha value is -2.30. The molecule has 1 fully saturated rings. The van der Waals surface area contributed by atoms with E-state index in [9.17, 15) is 4.79 Å². The fraction of sp³-hybridized carbons (Fsp3) is 0.412. The zero-order chi connectivity index (χ0) is 15.4. The van der Waals surface area contributed by atoms with Crippen LogP contribution in [0.15, 0.2) is 42.7 Å². The molecule has 22 heavy (non-hydrogen) atoms. The van der Waals surface area contributed by atoms with Gasteiger partial charge in [-0.3, -0.25) is 9.48 Å². The van der Waals surface area contributed by atoms with Crippen LogP contribution >= 0.6 is 0 Å². The number of aromatic nitrogens is 2. The summed E-state index contributed by atoms with van der Waals surface area (Å²) in [5.41, 5.74) is 1.01. The van der Waals surface area contributed by atoms with Gasteiger partial charge >= 0.3 is 0 Å². The highest BCUT2D eigenvalue weighted by Gasteiger charge is 2.30. The predicted molar refractivity (Wildman–Crippen MR) is 83.6 cm³/mol. The van der Waals surface area contributed by atoms with Crippen molar-refractivity contribution in [3.63, 3.8) is 0 Å². The molecule has 1 N–H and O–H groups in total. The van der Waals surface area contributed by atoms with Crippen LogP contribution in [0, 0.1) is 5.92 Å². The molecule has 5 nitrogen and oxygen atoms in total. The van der Waals surface area contributed by atoms with E-state index in [1.807, 2.05) is 41.2 Å². The van der Waals surface area contributed by atoms with Crippen LogP contribution in [0.1, 0.15) is 18.4 Å². The van der Waals surface area contributed by atoms with Crippen molar-refractivity contribution in [1.29, 1.82) is 0 Å². The summed E-state index contributed by atoms with van der Waals surface area (Å²) < 4.78 is 7.07. The molecule has 0 unspecified atom stereocenters. The second kappa shape index (κ2) is 6.64. The highest BCUT2D eigenvalue weighted by atomic mass is 16.5. The molecule has 116 valence electrons. The second-order valence-corrected chi connectivity index (χ2v) is 5.85. The van der Waals surface area contributed by atoms with E-state index in [4.69, 9.17) is 4.74 Å². The zero-order valence-corrected chi connectivity index (χ0v) is 12.7. The molecule has 0 bridgehead atoms. The number of ether oxygens (including phenoxy) is 1. The Morgan fingerprint density at radius 3 is 2.77 bits per heavy atom. The van der Waals surface area contributed by atoms with E-state index < -0.39 is 0 Å². The molecule has 0 atom stereocenters. The van der Waals surface area contributed by atoms with Gasteiger partial charge in [0.2, 0.25) is 5.91 Å². The van der Waals surface area contributed by atoms with Crippen LogP contribution in [0.5, 0.6) is 5.75 Å². The highest BCUT2D eigenvalue weighted by Crippen LogP contribution is 2.28. The normalized spacial score (nSPS) is 20.2. The van der Waals surface area contributed by atoms with Crippen LogP contribution in [0.3, 0.4) is 0 Å². The molecule has 1 aliphatic carbocycles. The van der Waals surface area contributed by atoms with Gasteiger partial charge in [-0.2, -0.15) is 5.10 Å². The maximum atomic E-state index is 12.0. The minimum absolute atomic E-state index is 0.0905. The van der Waals surface area contributed by atoms with E-state index >= 15 is 0 Å². The van der Waals surface area contributed by atoms with E-state index in [1.54, 1.807) is 13.3 Å². The molecule has 0 aliphatic heterocycles. The first kappa shape index (κ1) is 14.6. The molecule has 3 rings (SSSR count). The van der Waals surface area contributed by atoms with Crippen LogP contribution < -0.4 is 10.1 Å². The summed E-state index contributed by atoms with van der Waals surface area (Å²) in [6.07, 6.45) is 6.27. The molecule has 0 spiro atoms. The molecule has 0 radical (unpaired) electrons. The number of hydrogen-bond donors (Lipinski definition) is 1. The van der Waals surface area contributed by atoms with Crippen LogP contribution in [0.25, 0.3) is 0 Å². The lowest BCUT2D eigenvalue weighted by molar-refractivity contribution is -0.122. The fourth-order valence-electron chi connectivity index (χ4n) is 2.88. The van der Waals surface area contributed by atoms with Gasteiger partial charge in [0.25, 0.3) is 0 Å². The number of carbonyl (C=O) groups is 1. The second-order valence-electron chi connectivity index (χ2n) is 5.85. The molecular formula is C17H21N3O2. The maximum Gasteiger partial charge on any atom is 0.224 e. The van der Waals surface area contributed by atoms with Crippen LogP contribution in [-0.4, -0.2) is 28.8 Å². The van der Waals surface area contributed by atoms with Gasteiger partial charge in [-0.1, -0.05) is 12.1 Å². The molecule has 1 aromatic heterocycles. The molecular weight excluding hydrogens is 278 g/mol. The summed E-state index contributed by atoms with van der Waals surface area (Å²) in [5.74, 6) is 1.52. The quantitative estimate of drug-likeness (QED) is 0.888. The number of nitrogens with one attached hydrogen (secondary N) is 1. The number of amides is 1. The SMILES string of the molecule is COc1ccc(CC(=O)NC2CC(Cn3cccn3)C2)cc1. The number of hydrogen-bond acceptors (Lipinski definition) is 3. The summed E-state index contributed by atoms with van der Waals surface area (Å²) >= 11 is 0. The van der Waals surface area contributed by atoms with Gasteiger partial charge in [0.1, 0.15) is 5.75 Å². The molecule has 0 saturated heterocycles. The number of carbonyl (C=O) groups excluding carboxylic acids is 1. The van der Waals surface area contributed by atoms with Crippen LogP contribution in [0.4, 0.5) is 0 Å². The average molecular weight is 299 g/mol. The van der Waals surface area contributed by atoms with Gasteiger partial charge in [-0.15, -0.1) is 0 Å². The van der Waals surface area contributed by atoms with Gasteiger partial charge in [0.05, 0.1) is 13.5 Å². The van der Waals surface area contributed by atoms with Gasteiger partial charge in [0.15, 0.2) is 0 Å². The van der Waals surface area contributed by atoms with Crippen molar-refractivity contribution in [3.05, 3.63) is 48.3 Å². The molecule has 1 amide bonds. The Kier molecular flexibility index (Phi) is 4.42. The smallest absolute Gasteiger partial charge is 0.224 e. The first-order valence-electron chi connectivity index (χ1n) is 7.62. The van der Waals surface area contributed by atoms with Gasteiger partial charge < -0.3 is 10.1 Å². The Morgan fingerprint density at radius 1 is 1.36 bits per heavy atom. The Labute approximate surface area is 130 Å². The van der Waals surface area contributed by atoms with Gasteiger partial charge in [-0.05, 0) is 42.5 Å². The topological polar surface area (TPSA) is 56.1 Å². The Morgan fingerprint density at radius 2 is 2.14 bits per heavy atom. The van der Waals surface area contributed by atoms with E-state index in [0.29, 0.717) is 18.4 Å². The van der Waals surface area contributed by atoms with E-state index in [0.717, 1.165) is 30.7 Å². The maximum absolute atomic E-state index is 12.0. The van der Waals surface area contributed by atoms with Crippen molar-refractivity contribution in [2.24, 2.45) is 5.92 Å². The standard InChI is InChI=1S/C17H21N3O2/c1-22-16-5-3-13(4-6-16)11-17(21)19-15-9-14(10-15)12-20-8-2-7-18-20/h2-8,14-15H,9-12H2,1H3,(H,19,21). The minimum Gasteiger partial charge on any atom is -0.497 e. The Bertz CT molecular complexity index is 601. The third kappa shape index (κ3) is 3.67. The Balaban J connectivity index is 1.39. The highest BCUT2D eigenvalue weighted by molar-refractivity contribution is 5.79. The fourth-order valence-corrected chi connectivity index (χ4v) is 2.88. The molecule has 2 aromatic rings. The lowest BCUT2D eigenvalue weighted by Crippen LogP contribution is -2.46. The van der Waals surface area contributed by atoms with Crippen LogP contribution in [-0.2, 0) is 17.8 Å². The first-order valence-corrected chi connectivity index (χ1v) is 7.62. The minimum atomic E-state index is 0.0905. The predicted octanol–water partition coefficient (Wildman–Crippen LogP) is 2.03. The van der Waals surface area contributed by atoms with Crippen molar-refractivity contribution < 1.29 is 9.53 Å². The summed E-state index contributed by atoms with van der Waals surface area (Å²) in [4.78, 5) is 12.0. The zero-order valence-electron chi connectivity index (χ0n) is 12.7. The molecule has 5 heteroatoms. The third-order valence-electron chi connectivity index (χ3n) is 4.13. The monoisotopic (exact) mass is 299 g/mol. The van der Waals surface area contributed by atoms with Crippen molar-refractivity contribution in [2.45, 2.75) is 31.8 Å². The number of nitrogens with zero attached hydrogens (tertiary/aromatic N) is 2. The lowest BCUT2D eigenvalue weighted by Gasteiger charge is -2.35. The number of methoxy groups -OCH3 is 1. The van der Waals surface area contributed by atoms with Crippen molar-refractivity contribution >= 4 is 5.91 Å².